The fourth-order valence-electron chi connectivity index (χ4n) is 1.84. The molecule has 0 saturated heterocycles. The summed E-state index contributed by atoms with van der Waals surface area (Å²) in [7, 11) is 0. The number of hydrogen-bond acceptors (Lipinski definition) is 5. The SMILES string of the molecule is CCOC(=O)C(Cc1ccc(O)cc1)Nc1ccco1. The van der Waals surface area contributed by atoms with E-state index in [-0.39, 0.29) is 11.7 Å². The van der Waals surface area contributed by atoms with E-state index in [0.29, 0.717) is 18.9 Å². The molecule has 0 fully saturated rings. The molecule has 0 bridgehead atoms. The number of aromatic hydroxyl groups is 1. The van der Waals surface area contributed by atoms with Crippen LogP contribution in [0.15, 0.2) is 47.1 Å². The van der Waals surface area contributed by atoms with Gasteiger partial charge in [-0.05, 0) is 30.7 Å². The van der Waals surface area contributed by atoms with E-state index in [1.165, 1.54) is 6.26 Å². The molecule has 2 N–H and O–H groups in total. The van der Waals surface area contributed by atoms with E-state index in [9.17, 15) is 9.90 Å². The standard InChI is InChI=1S/C15H17NO4/c1-2-19-15(18)13(16-14-4-3-9-20-14)10-11-5-7-12(17)8-6-11/h3-9,13,16-17H,2,10H2,1H3. The monoisotopic (exact) mass is 275 g/mol. The predicted octanol–water partition coefficient (Wildman–Crippen LogP) is 2.57. The van der Waals surface area contributed by atoms with Crippen LogP contribution in [0.5, 0.6) is 5.75 Å². The third-order valence-electron chi connectivity index (χ3n) is 2.78. The van der Waals surface area contributed by atoms with Crippen LogP contribution in [-0.4, -0.2) is 23.7 Å². The zero-order valence-electron chi connectivity index (χ0n) is 11.2. The van der Waals surface area contributed by atoms with Crippen LogP contribution >= 0.6 is 0 Å². The number of rotatable bonds is 6. The molecule has 0 radical (unpaired) electrons. The van der Waals surface area contributed by atoms with E-state index in [4.69, 9.17) is 9.15 Å². The molecule has 1 unspecified atom stereocenters. The molecule has 1 aromatic carbocycles. The largest absolute Gasteiger partial charge is 0.508 e. The van der Waals surface area contributed by atoms with Gasteiger partial charge in [-0.25, -0.2) is 4.79 Å². The Morgan fingerprint density at radius 1 is 1.35 bits per heavy atom. The zero-order chi connectivity index (χ0) is 14.4. The number of anilines is 1. The summed E-state index contributed by atoms with van der Waals surface area (Å²) in [5.41, 5.74) is 0.917. The molecule has 1 atom stereocenters. The summed E-state index contributed by atoms with van der Waals surface area (Å²) in [5.74, 6) is 0.374. The molecule has 0 aliphatic carbocycles. The van der Waals surface area contributed by atoms with Crippen LogP contribution in [-0.2, 0) is 16.0 Å². The third kappa shape index (κ3) is 3.78. The minimum absolute atomic E-state index is 0.195. The molecule has 0 amide bonds. The number of carbonyl (C=O) groups excluding carboxylic acids is 1. The molecule has 0 aliphatic rings. The molecule has 0 saturated carbocycles. The second-order valence-electron chi connectivity index (χ2n) is 4.30. The van der Waals surface area contributed by atoms with Gasteiger partial charge in [0.05, 0.1) is 12.9 Å². The zero-order valence-corrected chi connectivity index (χ0v) is 11.2. The maximum Gasteiger partial charge on any atom is 0.328 e. The summed E-state index contributed by atoms with van der Waals surface area (Å²) in [6, 6.07) is 9.66. The van der Waals surface area contributed by atoms with Crippen molar-refractivity contribution in [2.75, 3.05) is 11.9 Å². The van der Waals surface area contributed by atoms with Gasteiger partial charge in [-0.15, -0.1) is 0 Å². The minimum Gasteiger partial charge on any atom is -0.508 e. The van der Waals surface area contributed by atoms with Gasteiger partial charge in [-0.1, -0.05) is 12.1 Å². The van der Waals surface area contributed by atoms with Crippen molar-refractivity contribution in [2.45, 2.75) is 19.4 Å². The van der Waals surface area contributed by atoms with Gasteiger partial charge in [0, 0.05) is 12.5 Å². The molecule has 5 nitrogen and oxygen atoms in total. The number of esters is 1. The van der Waals surface area contributed by atoms with Crippen molar-refractivity contribution in [3.05, 3.63) is 48.2 Å². The summed E-state index contributed by atoms with van der Waals surface area (Å²) >= 11 is 0. The normalized spacial score (nSPS) is 11.8. The Labute approximate surface area is 117 Å². The number of phenolic OH excluding ortho intramolecular Hbond substituents is 1. The number of phenols is 1. The molecule has 106 valence electrons. The number of hydrogen-bond donors (Lipinski definition) is 2. The minimum atomic E-state index is -0.536. The Kier molecular flexibility index (Phi) is 4.65. The molecule has 0 aliphatic heterocycles. The molecule has 0 spiro atoms. The number of furan rings is 1. The lowest BCUT2D eigenvalue weighted by Crippen LogP contribution is -2.33. The van der Waals surface area contributed by atoms with Crippen LogP contribution in [0.2, 0.25) is 0 Å². The van der Waals surface area contributed by atoms with E-state index < -0.39 is 6.04 Å². The number of carbonyl (C=O) groups is 1. The third-order valence-corrected chi connectivity index (χ3v) is 2.78. The van der Waals surface area contributed by atoms with Crippen molar-refractivity contribution in [1.29, 1.82) is 0 Å². The predicted molar refractivity (Wildman–Crippen MR) is 74.6 cm³/mol. The van der Waals surface area contributed by atoms with E-state index in [1.54, 1.807) is 43.3 Å². The molecular formula is C15H17NO4. The second kappa shape index (κ2) is 6.65. The molecular weight excluding hydrogens is 258 g/mol. The smallest absolute Gasteiger partial charge is 0.328 e. The Balaban J connectivity index is 2.09. The number of ether oxygens (including phenoxy) is 1. The fraction of sp³-hybridized carbons (Fsp3) is 0.267. The van der Waals surface area contributed by atoms with Crippen molar-refractivity contribution in [1.82, 2.24) is 0 Å². The molecule has 2 aromatic rings. The highest BCUT2D eigenvalue weighted by Gasteiger charge is 2.21. The van der Waals surface area contributed by atoms with E-state index in [1.807, 2.05) is 0 Å². The first-order chi connectivity index (χ1) is 9.69. The number of benzene rings is 1. The van der Waals surface area contributed by atoms with Crippen molar-refractivity contribution in [3.63, 3.8) is 0 Å². The first-order valence-electron chi connectivity index (χ1n) is 6.43. The maximum atomic E-state index is 12.0. The fourth-order valence-corrected chi connectivity index (χ4v) is 1.84. The Morgan fingerprint density at radius 2 is 2.10 bits per heavy atom. The number of nitrogens with one attached hydrogen (secondary N) is 1. The maximum absolute atomic E-state index is 12.0. The van der Waals surface area contributed by atoms with Gasteiger partial charge in [-0.3, -0.25) is 0 Å². The Morgan fingerprint density at radius 3 is 2.70 bits per heavy atom. The molecule has 5 heteroatoms. The van der Waals surface area contributed by atoms with Gasteiger partial charge < -0.3 is 19.6 Å². The van der Waals surface area contributed by atoms with Crippen LogP contribution < -0.4 is 5.32 Å². The van der Waals surface area contributed by atoms with Crippen LogP contribution in [0.3, 0.4) is 0 Å². The highest BCUT2D eigenvalue weighted by atomic mass is 16.5. The molecule has 2 rings (SSSR count). The van der Waals surface area contributed by atoms with Gasteiger partial charge in [-0.2, -0.15) is 0 Å². The lowest BCUT2D eigenvalue weighted by molar-refractivity contribution is -0.144. The lowest BCUT2D eigenvalue weighted by Gasteiger charge is -2.16. The van der Waals surface area contributed by atoms with Gasteiger partial charge in [0.25, 0.3) is 0 Å². The Hall–Kier alpha value is -2.43. The summed E-state index contributed by atoms with van der Waals surface area (Å²) < 4.78 is 10.2. The summed E-state index contributed by atoms with van der Waals surface area (Å²) in [5, 5.41) is 12.3. The van der Waals surface area contributed by atoms with E-state index >= 15 is 0 Å². The summed E-state index contributed by atoms with van der Waals surface area (Å²) in [6.45, 7) is 2.09. The molecule has 1 aromatic heterocycles. The highest BCUT2D eigenvalue weighted by Crippen LogP contribution is 2.15. The van der Waals surface area contributed by atoms with Gasteiger partial charge in [0.15, 0.2) is 5.88 Å². The highest BCUT2D eigenvalue weighted by molar-refractivity contribution is 5.79. The molecule has 1 heterocycles. The summed E-state index contributed by atoms with van der Waals surface area (Å²) in [6.07, 6.45) is 1.98. The van der Waals surface area contributed by atoms with Gasteiger partial charge in [0.1, 0.15) is 11.8 Å². The van der Waals surface area contributed by atoms with Crippen molar-refractivity contribution >= 4 is 11.9 Å². The van der Waals surface area contributed by atoms with Gasteiger partial charge >= 0.3 is 5.97 Å². The van der Waals surface area contributed by atoms with Crippen molar-refractivity contribution in [2.24, 2.45) is 0 Å². The van der Waals surface area contributed by atoms with Crippen LogP contribution in [0.1, 0.15) is 12.5 Å². The molecule has 20 heavy (non-hydrogen) atoms. The van der Waals surface area contributed by atoms with Gasteiger partial charge in [0.2, 0.25) is 0 Å². The van der Waals surface area contributed by atoms with Crippen LogP contribution in [0.25, 0.3) is 0 Å². The first kappa shape index (κ1) is 14.0. The lowest BCUT2D eigenvalue weighted by atomic mass is 10.1. The summed E-state index contributed by atoms with van der Waals surface area (Å²) in [4.78, 5) is 12.0. The van der Waals surface area contributed by atoms with E-state index in [0.717, 1.165) is 5.56 Å². The van der Waals surface area contributed by atoms with Crippen molar-refractivity contribution < 1.29 is 19.1 Å². The first-order valence-corrected chi connectivity index (χ1v) is 6.43. The quantitative estimate of drug-likeness (QED) is 0.793. The van der Waals surface area contributed by atoms with Crippen LogP contribution in [0, 0.1) is 0 Å². The second-order valence-corrected chi connectivity index (χ2v) is 4.30. The van der Waals surface area contributed by atoms with E-state index in [2.05, 4.69) is 5.32 Å². The average molecular weight is 275 g/mol. The van der Waals surface area contributed by atoms with Crippen molar-refractivity contribution in [3.8, 4) is 5.75 Å². The average Bonchev–Trinajstić information content (AvgIpc) is 2.94. The van der Waals surface area contributed by atoms with Crippen LogP contribution in [0.4, 0.5) is 5.88 Å². The Bertz CT molecular complexity index is 534. The topological polar surface area (TPSA) is 71.7 Å².